The lowest BCUT2D eigenvalue weighted by Crippen LogP contribution is -2.33. The molecule has 0 aromatic carbocycles. The number of likely N-dealkylation sites (tertiary alicyclic amines) is 2. The first-order valence-electron chi connectivity index (χ1n) is 9.81. The molecule has 3 heterocycles. The summed E-state index contributed by atoms with van der Waals surface area (Å²) in [7, 11) is 0. The van der Waals surface area contributed by atoms with Crippen molar-refractivity contribution in [3.8, 4) is 12.1 Å². The van der Waals surface area contributed by atoms with Crippen LogP contribution in [0.15, 0.2) is 11.4 Å². The monoisotopic (exact) mass is 342 g/mol. The fourth-order valence-electron chi connectivity index (χ4n) is 4.29. The lowest BCUT2D eigenvalue weighted by molar-refractivity contribution is 0.261. The second-order valence-electron chi connectivity index (χ2n) is 7.35. The highest BCUT2D eigenvalue weighted by Crippen LogP contribution is 2.23. The maximum atomic E-state index is 9.40. The van der Waals surface area contributed by atoms with Gasteiger partial charge in [-0.2, -0.15) is 10.5 Å². The fraction of sp³-hybridized carbons (Fsp3) is 0.789. The van der Waals surface area contributed by atoms with Crippen LogP contribution in [0.5, 0.6) is 0 Å². The normalized spacial score (nSPS) is 21.8. The number of hydrogen-bond donors (Lipinski definition) is 0. The summed E-state index contributed by atoms with van der Waals surface area (Å²) in [5, 5.41) is 18.8. The zero-order chi connectivity index (χ0) is 17.5. The minimum absolute atomic E-state index is 0.278. The summed E-state index contributed by atoms with van der Waals surface area (Å²) in [5.74, 6) is 0.880. The summed E-state index contributed by atoms with van der Waals surface area (Å²) < 4.78 is 0. The van der Waals surface area contributed by atoms with Gasteiger partial charge >= 0.3 is 0 Å². The van der Waals surface area contributed by atoms with Crippen LogP contribution < -0.4 is 0 Å². The van der Waals surface area contributed by atoms with E-state index in [1.807, 2.05) is 0 Å². The van der Waals surface area contributed by atoms with Crippen molar-refractivity contribution in [1.82, 2.24) is 19.6 Å². The molecule has 0 radical (unpaired) electrons. The Morgan fingerprint density at radius 3 is 1.76 bits per heavy atom. The Morgan fingerprint density at radius 2 is 1.20 bits per heavy atom. The van der Waals surface area contributed by atoms with E-state index in [1.165, 1.54) is 51.9 Å². The molecule has 0 aromatic rings. The maximum absolute atomic E-state index is 9.40. The van der Waals surface area contributed by atoms with Gasteiger partial charge in [-0.15, -0.1) is 0 Å². The molecule has 6 nitrogen and oxygen atoms in total. The standard InChI is InChI=1S/C19H30N6/c20-16-18(17-21)19-24(11-5-10-22-6-1-2-7-22)14-15-25(19)13-12-23-8-3-4-9-23/h1-15H2. The number of nitrogens with zero attached hydrogens (tertiary/aromatic N) is 6. The highest BCUT2D eigenvalue weighted by molar-refractivity contribution is 5.40. The van der Waals surface area contributed by atoms with E-state index in [-0.39, 0.29) is 5.57 Å². The van der Waals surface area contributed by atoms with Crippen molar-refractivity contribution >= 4 is 0 Å². The summed E-state index contributed by atoms with van der Waals surface area (Å²) in [5.41, 5.74) is 0.278. The highest BCUT2D eigenvalue weighted by atomic mass is 15.4. The van der Waals surface area contributed by atoms with Gasteiger partial charge in [0, 0.05) is 32.7 Å². The molecule has 0 aliphatic carbocycles. The minimum atomic E-state index is 0.278. The molecule has 0 N–H and O–H groups in total. The van der Waals surface area contributed by atoms with Crippen LogP contribution in [0.1, 0.15) is 32.1 Å². The van der Waals surface area contributed by atoms with Crippen molar-refractivity contribution < 1.29 is 0 Å². The Kier molecular flexibility index (Phi) is 6.55. The molecule has 0 atom stereocenters. The van der Waals surface area contributed by atoms with Crippen molar-refractivity contribution in [2.45, 2.75) is 32.1 Å². The Hall–Kier alpha value is -1.76. The molecule has 0 bridgehead atoms. The SMILES string of the molecule is N#CC(C#N)=C1N(CCCN2CCCC2)CCN1CCN1CCCC1. The van der Waals surface area contributed by atoms with Gasteiger partial charge in [-0.05, 0) is 64.8 Å². The van der Waals surface area contributed by atoms with Crippen LogP contribution in [-0.4, -0.2) is 85.0 Å². The molecule has 3 saturated heterocycles. The van der Waals surface area contributed by atoms with Crippen LogP contribution >= 0.6 is 0 Å². The lowest BCUT2D eigenvalue weighted by atomic mass is 10.2. The van der Waals surface area contributed by atoms with E-state index in [1.54, 1.807) is 0 Å². The zero-order valence-electron chi connectivity index (χ0n) is 15.3. The summed E-state index contributed by atoms with van der Waals surface area (Å²) in [6.07, 6.45) is 6.35. The van der Waals surface area contributed by atoms with E-state index < -0.39 is 0 Å². The Labute approximate surface area is 151 Å². The number of rotatable bonds is 7. The number of nitriles is 2. The average molecular weight is 342 g/mol. The van der Waals surface area contributed by atoms with Crippen molar-refractivity contribution in [2.24, 2.45) is 0 Å². The topological polar surface area (TPSA) is 60.5 Å². The molecule has 0 saturated carbocycles. The molecule has 0 unspecified atom stereocenters. The number of allylic oxidation sites excluding steroid dienone is 1. The molecule has 25 heavy (non-hydrogen) atoms. The second kappa shape index (κ2) is 9.08. The molecule has 6 heteroatoms. The zero-order valence-corrected chi connectivity index (χ0v) is 15.3. The van der Waals surface area contributed by atoms with Crippen LogP contribution in [0.4, 0.5) is 0 Å². The third kappa shape index (κ3) is 4.66. The Bertz CT molecular complexity index is 529. The number of hydrogen-bond acceptors (Lipinski definition) is 6. The van der Waals surface area contributed by atoms with Gasteiger partial charge in [0.1, 0.15) is 18.0 Å². The van der Waals surface area contributed by atoms with Gasteiger partial charge in [-0.25, -0.2) is 0 Å². The second-order valence-corrected chi connectivity index (χ2v) is 7.35. The molecule has 3 fully saturated rings. The van der Waals surface area contributed by atoms with E-state index in [9.17, 15) is 10.5 Å². The first kappa shape index (κ1) is 18.0. The molecule has 0 spiro atoms. The molecule has 3 aliphatic rings. The molecule has 3 rings (SSSR count). The molecule has 3 aliphatic heterocycles. The highest BCUT2D eigenvalue weighted by Gasteiger charge is 2.28. The predicted octanol–water partition coefficient (Wildman–Crippen LogP) is 1.44. The van der Waals surface area contributed by atoms with Gasteiger partial charge in [0.25, 0.3) is 0 Å². The summed E-state index contributed by atoms with van der Waals surface area (Å²) in [6.45, 7) is 10.7. The van der Waals surface area contributed by atoms with Gasteiger partial charge in [-0.1, -0.05) is 0 Å². The van der Waals surface area contributed by atoms with Crippen LogP contribution in [0, 0.1) is 22.7 Å². The Balaban J connectivity index is 1.56. The Morgan fingerprint density at radius 1 is 0.680 bits per heavy atom. The molecular weight excluding hydrogens is 312 g/mol. The lowest BCUT2D eigenvalue weighted by Gasteiger charge is -2.27. The van der Waals surface area contributed by atoms with Crippen LogP contribution in [-0.2, 0) is 0 Å². The van der Waals surface area contributed by atoms with Crippen molar-refractivity contribution in [3.05, 3.63) is 11.4 Å². The van der Waals surface area contributed by atoms with Crippen molar-refractivity contribution in [2.75, 3.05) is 65.4 Å². The van der Waals surface area contributed by atoms with Gasteiger partial charge in [0.05, 0.1) is 0 Å². The summed E-state index contributed by atoms with van der Waals surface area (Å²) >= 11 is 0. The first-order valence-corrected chi connectivity index (χ1v) is 9.81. The van der Waals surface area contributed by atoms with Crippen LogP contribution in [0.25, 0.3) is 0 Å². The van der Waals surface area contributed by atoms with Gasteiger partial charge in [0.15, 0.2) is 5.57 Å². The summed E-state index contributed by atoms with van der Waals surface area (Å²) in [6, 6.07) is 4.25. The van der Waals surface area contributed by atoms with Crippen LogP contribution in [0.2, 0.25) is 0 Å². The van der Waals surface area contributed by atoms with Crippen molar-refractivity contribution in [1.29, 1.82) is 10.5 Å². The molecule has 136 valence electrons. The first-order chi connectivity index (χ1) is 12.3. The van der Waals surface area contributed by atoms with E-state index >= 15 is 0 Å². The maximum Gasteiger partial charge on any atom is 0.169 e. The summed E-state index contributed by atoms with van der Waals surface area (Å²) in [4.78, 5) is 9.55. The quantitative estimate of drug-likeness (QED) is 0.653. The molecule has 0 aromatic heterocycles. The smallest absolute Gasteiger partial charge is 0.169 e. The largest absolute Gasteiger partial charge is 0.355 e. The van der Waals surface area contributed by atoms with E-state index in [4.69, 9.17) is 0 Å². The van der Waals surface area contributed by atoms with Gasteiger partial charge < -0.3 is 19.6 Å². The van der Waals surface area contributed by atoms with Gasteiger partial charge in [0.2, 0.25) is 0 Å². The van der Waals surface area contributed by atoms with Gasteiger partial charge in [-0.3, -0.25) is 0 Å². The van der Waals surface area contributed by atoms with Crippen molar-refractivity contribution in [3.63, 3.8) is 0 Å². The van der Waals surface area contributed by atoms with E-state index in [2.05, 4.69) is 31.7 Å². The molecular formula is C19H30N6. The van der Waals surface area contributed by atoms with Crippen LogP contribution in [0.3, 0.4) is 0 Å². The third-order valence-electron chi connectivity index (χ3n) is 5.67. The predicted molar refractivity (Wildman–Crippen MR) is 97.4 cm³/mol. The van der Waals surface area contributed by atoms with E-state index in [0.29, 0.717) is 0 Å². The minimum Gasteiger partial charge on any atom is -0.355 e. The average Bonchev–Trinajstić information content (AvgIpc) is 3.37. The fourth-order valence-corrected chi connectivity index (χ4v) is 4.29. The third-order valence-corrected chi connectivity index (χ3v) is 5.67. The molecule has 0 amide bonds. The van der Waals surface area contributed by atoms with E-state index in [0.717, 1.165) is 51.5 Å².